The summed E-state index contributed by atoms with van der Waals surface area (Å²) in [7, 11) is 3.03. The largest absolute Gasteiger partial charge is 0.495 e. The molecular weight excluding hydrogens is 418 g/mol. The van der Waals surface area contributed by atoms with Crippen LogP contribution in [0.4, 0.5) is 5.69 Å². The highest BCUT2D eigenvalue weighted by Crippen LogP contribution is 2.35. The Bertz CT molecular complexity index is 925. The van der Waals surface area contributed by atoms with Gasteiger partial charge in [0, 0.05) is 38.3 Å². The summed E-state index contributed by atoms with van der Waals surface area (Å²) in [4.78, 5) is 29.0. The molecule has 1 N–H and O–H groups in total. The molecule has 0 aromatic heterocycles. The number of halogens is 1. The van der Waals surface area contributed by atoms with Crippen LogP contribution in [0.3, 0.4) is 0 Å². The summed E-state index contributed by atoms with van der Waals surface area (Å²) in [5.41, 5.74) is 2.70. The molecule has 0 radical (unpaired) electrons. The second kappa shape index (κ2) is 10.5. The van der Waals surface area contributed by atoms with Crippen LogP contribution in [0.25, 0.3) is 0 Å². The molecule has 0 bridgehead atoms. The summed E-state index contributed by atoms with van der Waals surface area (Å²) < 4.78 is 10.5. The van der Waals surface area contributed by atoms with E-state index in [0.717, 1.165) is 5.56 Å². The fourth-order valence-electron chi connectivity index (χ4n) is 3.50. The van der Waals surface area contributed by atoms with E-state index in [-0.39, 0.29) is 18.4 Å². The Hall–Kier alpha value is -2.77. The number of ether oxygens (including phenoxy) is 2. The number of aryl methyl sites for hydroxylation is 1. The van der Waals surface area contributed by atoms with Crippen molar-refractivity contribution < 1.29 is 19.1 Å². The Labute approximate surface area is 187 Å². The van der Waals surface area contributed by atoms with Gasteiger partial charge in [0.25, 0.3) is 0 Å². The first kappa shape index (κ1) is 22.9. The van der Waals surface area contributed by atoms with E-state index in [1.54, 1.807) is 12.1 Å². The molecule has 0 saturated carbocycles. The Balaban J connectivity index is 1.50. The number of hydrogen-bond donors (Lipinski definition) is 1. The summed E-state index contributed by atoms with van der Waals surface area (Å²) in [6.45, 7) is 4.77. The zero-order valence-corrected chi connectivity index (χ0v) is 18.9. The molecule has 3 rings (SSSR count). The molecule has 1 fully saturated rings. The van der Waals surface area contributed by atoms with Crippen molar-refractivity contribution >= 4 is 29.1 Å². The number of carbonyl (C=O) groups excluding carboxylic acids is 2. The Morgan fingerprint density at radius 2 is 1.65 bits per heavy atom. The van der Waals surface area contributed by atoms with Crippen LogP contribution in [0, 0.1) is 6.92 Å². The topological polar surface area (TPSA) is 71.1 Å². The predicted octanol–water partition coefficient (Wildman–Crippen LogP) is 2.99. The van der Waals surface area contributed by atoms with Crippen molar-refractivity contribution in [1.29, 1.82) is 0 Å². The minimum Gasteiger partial charge on any atom is -0.495 e. The summed E-state index contributed by atoms with van der Waals surface area (Å²) in [5.74, 6) is 0.872. The van der Waals surface area contributed by atoms with Gasteiger partial charge in [-0.05, 0) is 12.5 Å². The number of amides is 2. The number of nitrogens with zero attached hydrogens (tertiary/aromatic N) is 2. The van der Waals surface area contributed by atoms with Gasteiger partial charge in [-0.3, -0.25) is 14.5 Å². The molecule has 0 atom stereocenters. The Morgan fingerprint density at radius 1 is 1.00 bits per heavy atom. The molecule has 8 heteroatoms. The molecule has 2 aromatic carbocycles. The molecule has 2 aromatic rings. The highest BCUT2D eigenvalue weighted by Gasteiger charge is 2.23. The second-order valence-electron chi connectivity index (χ2n) is 7.55. The van der Waals surface area contributed by atoms with Crippen molar-refractivity contribution in [2.75, 3.05) is 52.3 Å². The molecule has 1 saturated heterocycles. The van der Waals surface area contributed by atoms with E-state index in [4.69, 9.17) is 21.1 Å². The highest BCUT2D eigenvalue weighted by molar-refractivity contribution is 6.32. The van der Waals surface area contributed by atoms with Crippen molar-refractivity contribution in [1.82, 2.24) is 9.80 Å². The van der Waals surface area contributed by atoms with E-state index in [9.17, 15) is 9.59 Å². The lowest BCUT2D eigenvalue weighted by molar-refractivity contribution is -0.132. The van der Waals surface area contributed by atoms with Gasteiger partial charge in [-0.15, -0.1) is 0 Å². The Morgan fingerprint density at radius 3 is 2.26 bits per heavy atom. The van der Waals surface area contributed by atoms with Gasteiger partial charge in [0.2, 0.25) is 11.8 Å². The number of piperazine rings is 1. The van der Waals surface area contributed by atoms with E-state index in [1.807, 2.05) is 41.0 Å². The van der Waals surface area contributed by atoms with Gasteiger partial charge in [0.05, 0.1) is 37.9 Å². The van der Waals surface area contributed by atoms with Gasteiger partial charge in [-0.25, -0.2) is 0 Å². The lowest BCUT2D eigenvalue weighted by atomic mass is 10.1. The third kappa shape index (κ3) is 6.12. The summed E-state index contributed by atoms with van der Waals surface area (Å²) >= 11 is 6.11. The SMILES string of the molecule is COc1cc(NC(=O)CN2CCN(C(=O)Cc3ccc(C)cc3)CC2)c(OC)cc1Cl. The van der Waals surface area contributed by atoms with Crippen LogP contribution in [0.5, 0.6) is 11.5 Å². The molecule has 31 heavy (non-hydrogen) atoms. The lowest BCUT2D eigenvalue weighted by Gasteiger charge is -2.34. The standard InChI is InChI=1S/C23H28ClN3O4/c1-16-4-6-17(7-5-16)12-23(29)27-10-8-26(9-11-27)15-22(28)25-19-14-20(30-2)18(24)13-21(19)31-3/h4-7,13-14H,8-12,15H2,1-3H3,(H,25,28). The van der Waals surface area contributed by atoms with Crippen LogP contribution in [-0.4, -0.2) is 68.6 Å². The number of methoxy groups -OCH3 is 2. The fourth-order valence-corrected chi connectivity index (χ4v) is 3.73. The quantitative estimate of drug-likeness (QED) is 0.709. The smallest absolute Gasteiger partial charge is 0.238 e. The van der Waals surface area contributed by atoms with Crippen LogP contribution in [0.15, 0.2) is 36.4 Å². The fraction of sp³-hybridized carbons (Fsp3) is 0.391. The van der Waals surface area contributed by atoms with Crippen molar-refractivity contribution in [2.45, 2.75) is 13.3 Å². The monoisotopic (exact) mass is 445 g/mol. The molecule has 0 unspecified atom stereocenters. The van der Waals surface area contributed by atoms with E-state index < -0.39 is 0 Å². The van der Waals surface area contributed by atoms with Crippen molar-refractivity contribution in [3.8, 4) is 11.5 Å². The average Bonchev–Trinajstić information content (AvgIpc) is 2.76. The van der Waals surface area contributed by atoms with Gasteiger partial charge in [-0.2, -0.15) is 0 Å². The number of carbonyl (C=O) groups is 2. The number of rotatable bonds is 7. The first-order valence-corrected chi connectivity index (χ1v) is 10.5. The maximum atomic E-state index is 12.6. The van der Waals surface area contributed by atoms with Crippen molar-refractivity contribution in [3.05, 3.63) is 52.5 Å². The summed E-state index contributed by atoms with van der Waals surface area (Å²) in [6.07, 6.45) is 0.402. The number of nitrogens with one attached hydrogen (secondary N) is 1. The first-order chi connectivity index (χ1) is 14.9. The van der Waals surface area contributed by atoms with Crippen molar-refractivity contribution in [2.24, 2.45) is 0 Å². The molecule has 1 aliphatic rings. The molecule has 2 amide bonds. The summed E-state index contributed by atoms with van der Waals surface area (Å²) in [6, 6.07) is 11.3. The molecule has 1 aliphatic heterocycles. The lowest BCUT2D eigenvalue weighted by Crippen LogP contribution is -2.50. The van der Waals surface area contributed by atoms with Crippen LogP contribution in [0.1, 0.15) is 11.1 Å². The molecule has 7 nitrogen and oxygen atoms in total. The van der Waals surface area contributed by atoms with E-state index in [0.29, 0.717) is 54.8 Å². The minimum absolute atomic E-state index is 0.117. The van der Waals surface area contributed by atoms with Gasteiger partial charge >= 0.3 is 0 Å². The minimum atomic E-state index is -0.165. The first-order valence-electron chi connectivity index (χ1n) is 10.2. The number of anilines is 1. The zero-order chi connectivity index (χ0) is 22.4. The third-order valence-electron chi connectivity index (χ3n) is 5.32. The molecule has 1 heterocycles. The highest BCUT2D eigenvalue weighted by atomic mass is 35.5. The van der Waals surface area contributed by atoms with Gasteiger partial charge in [-0.1, -0.05) is 41.4 Å². The van der Waals surface area contributed by atoms with Crippen LogP contribution >= 0.6 is 11.6 Å². The van der Waals surface area contributed by atoms with Crippen molar-refractivity contribution in [3.63, 3.8) is 0 Å². The maximum Gasteiger partial charge on any atom is 0.238 e. The van der Waals surface area contributed by atoms with E-state index >= 15 is 0 Å². The molecule has 0 spiro atoms. The molecule has 0 aliphatic carbocycles. The van der Waals surface area contributed by atoms with Crippen LogP contribution < -0.4 is 14.8 Å². The van der Waals surface area contributed by atoms with Gasteiger partial charge in [0.1, 0.15) is 11.5 Å². The second-order valence-corrected chi connectivity index (χ2v) is 7.96. The molecular formula is C23H28ClN3O4. The Kier molecular flexibility index (Phi) is 7.76. The average molecular weight is 446 g/mol. The summed E-state index contributed by atoms with van der Waals surface area (Å²) in [5, 5.41) is 3.26. The van der Waals surface area contributed by atoms with Gasteiger partial charge in [0.15, 0.2) is 0 Å². The maximum absolute atomic E-state index is 12.6. The predicted molar refractivity (Wildman–Crippen MR) is 121 cm³/mol. The number of hydrogen-bond acceptors (Lipinski definition) is 5. The third-order valence-corrected chi connectivity index (χ3v) is 5.61. The van der Waals surface area contributed by atoms with E-state index in [1.165, 1.54) is 19.8 Å². The molecule has 166 valence electrons. The van der Waals surface area contributed by atoms with E-state index in [2.05, 4.69) is 5.32 Å². The zero-order valence-electron chi connectivity index (χ0n) is 18.1. The number of benzene rings is 2. The van der Waals surface area contributed by atoms with Crippen LogP contribution in [0.2, 0.25) is 5.02 Å². The van der Waals surface area contributed by atoms with Crippen LogP contribution in [-0.2, 0) is 16.0 Å². The van der Waals surface area contributed by atoms with Gasteiger partial charge < -0.3 is 19.7 Å². The normalized spacial score (nSPS) is 14.3.